The molecule has 0 radical (unpaired) electrons. The van der Waals surface area contributed by atoms with E-state index in [1.807, 2.05) is 13.0 Å². The minimum atomic E-state index is -0.955. The van der Waals surface area contributed by atoms with Gasteiger partial charge in [-0.15, -0.1) is 0 Å². The first kappa shape index (κ1) is 12.6. The van der Waals surface area contributed by atoms with Crippen molar-refractivity contribution in [2.45, 2.75) is 25.9 Å². The van der Waals surface area contributed by atoms with E-state index in [2.05, 4.69) is 9.97 Å². The van der Waals surface area contributed by atoms with Gasteiger partial charge in [-0.2, -0.15) is 0 Å². The molecule has 0 saturated carbocycles. The van der Waals surface area contributed by atoms with E-state index in [1.54, 1.807) is 19.2 Å². The standard InChI is InChI=1S/C13H16N2O3/c1-8(18-2)6-7-11-14-10-5-3-4-9(13(16)17)12(10)15-11/h3-5,8H,6-7H2,1-2H3,(H,14,15)(H,16,17). The van der Waals surface area contributed by atoms with Crippen LogP contribution < -0.4 is 0 Å². The molecule has 1 heterocycles. The highest BCUT2D eigenvalue weighted by Crippen LogP contribution is 2.17. The summed E-state index contributed by atoms with van der Waals surface area (Å²) in [6, 6.07) is 5.11. The first-order chi connectivity index (χ1) is 8.61. The lowest BCUT2D eigenvalue weighted by molar-refractivity contribution is 0.0699. The summed E-state index contributed by atoms with van der Waals surface area (Å²) in [6.45, 7) is 1.99. The molecule has 0 amide bonds. The van der Waals surface area contributed by atoms with Crippen molar-refractivity contribution in [3.8, 4) is 0 Å². The van der Waals surface area contributed by atoms with Crippen molar-refractivity contribution in [2.24, 2.45) is 0 Å². The number of carbonyl (C=O) groups is 1. The highest BCUT2D eigenvalue weighted by Gasteiger charge is 2.12. The summed E-state index contributed by atoms with van der Waals surface area (Å²) < 4.78 is 5.17. The number of carboxylic acids is 1. The van der Waals surface area contributed by atoms with E-state index in [9.17, 15) is 4.79 Å². The van der Waals surface area contributed by atoms with Crippen LogP contribution in [-0.4, -0.2) is 34.3 Å². The van der Waals surface area contributed by atoms with Gasteiger partial charge in [0.1, 0.15) is 11.3 Å². The molecule has 96 valence electrons. The largest absolute Gasteiger partial charge is 0.478 e. The monoisotopic (exact) mass is 248 g/mol. The molecule has 1 atom stereocenters. The molecule has 1 aromatic heterocycles. The lowest BCUT2D eigenvalue weighted by atomic mass is 10.2. The van der Waals surface area contributed by atoms with Crippen molar-refractivity contribution >= 4 is 17.0 Å². The van der Waals surface area contributed by atoms with Crippen molar-refractivity contribution in [3.05, 3.63) is 29.6 Å². The number of H-pyrrole nitrogens is 1. The van der Waals surface area contributed by atoms with Crippen LogP contribution in [0.1, 0.15) is 29.5 Å². The Kier molecular flexibility index (Phi) is 3.62. The second kappa shape index (κ2) is 5.18. The summed E-state index contributed by atoms with van der Waals surface area (Å²) in [7, 11) is 1.67. The Balaban J connectivity index is 2.27. The van der Waals surface area contributed by atoms with Crippen LogP contribution in [-0.2, 0) is 11.2 Å². The maximum Gasteiger partial charge on any atom is 0.337 e. The van der Waals surface area contributed by atoms with Crippen LogP contribution in [0.3, 0.4) is 0 Å². The number of carboxylic acid groups (broad SMARTS) is 1. The molecule has 5 heteroatoms. The first-order valence-corrected chi connectivity index (χ1v) is 5.85. The van der Waals surface area contributed by atoms with E-state index in [1.165, 1.54) is 0 Å². The number of aromatic amines is 1. The maximum atomic E-state index is 11.1. The Morgan fingerprint density at radius 3 is 3.00 bits per heavy atom. The van der Waals surface area contributed by atoms with E-state index < -0.39 is 5.97 Å². The number of para-hydroxylation sites is 1. The molecular formula is C13H16N2O3. The third-order valence-corrected chi connectivity index (χ3v) is 2.98. The summed E-state index contributed by atoms with van der Waals surface area (Å²) in [5.74, 6) is -0.161. The smallest absolute Gasteiger partial charge is 0.337 e. The van der Waals surface area contributed by atoms with Crippen molar-refractivity contribution in [3.63, 3.8) is 0 Å². The third kappa shape index (κ3) is 2.51. The number of aromatic nitrogens is 2. The van der Waals surface area contributed by atoms with Gasteiger partial charge in [-0.1, -0.05) is 6.07 Å². The first-order valence-electron chi connectivity index (χ1n) is 5.85. The molecule has 0 aliphatic carbocycles. The zero-order valence-corrected chi connectivity index (χ0v) is 10.4. The second-order valence-electron chi connectivity index (χ2n) is 4.28. The zero-order valence-electron chi connectivity index (χ0n) is 10.4. The number of hydrogen-bond acceptors (Lipinski definition) is 3. The number of rotatable bonds is 5. The summed E-state index contributed by atoms with van der Waals surface area (Å²) in [6.07, 6.45) is 1.75. The molecule has 1 aromatic carbocycles. The predicted octanol–water partition coefficient (Wildman–Crippen LogP) is 2.23. The topological polar surface area (TPSA) is 75.2 Å². The van der Waals surface area contributed by atoms with Crippen molar-refractivity contribution < 1.29 is 14.6 Å². The quantitative estimate of drug-likeness (QED) is 0.850. The molecule has 0 spiro atoms. The van der Waals surface area contributed by atoms with Crippen LogP contribution in [0.15, 0.2) is 18.2 Å². The summed E-state index contributed by atoms with van der Waals surface area (Å²) in [4.78, 5) is 18.6. The van der Waals surface area contributed by atoms with Gasteiger partial charge >= 0.3 is 5.97 Å². The van der Waals surface area contributed by atoms with E-state index in [0.29, 0.717) is 5.52 Å². The fourth-order valence-electron chi connectivity index (χ4n) is 1.83. The van der Waals surface area contributed by atoms with Gasteiger partial charge in [0.15, 0.2) is 0 Å². The Labute approximate surface area is 105 Å². The van der Waals surface area contributed by atoms with E-state index >= 15 is 0 Å². The van der Waals surface area contributed by atoms with Gasteiger partial charge in [0, 0.05) is 13.5 Å². The Morgan fingerprint density at radius 1 is 1.56 bits per heavy atom. The number of nitrogens with zero attached hydrogens (tertiary/aromatic N) is 1. The Bertz CT molecular complexity index is 562. The number of imidazole rings is 1. The van der Waals surface area contributed by atoms with Gasteiger partial charge in [0.25, 0.3) is 0 Å². The molecule has 2 aromatic rings. The maximum absolute atomic E-state index is 11.1. The molecule has 0 saturated heterocycles. The molecular weight excluding hydrogens is 232 g/mol. The van der Waals surface area contributed by atoms with Gasteiger partial charge in [-0.3, -0.25) is 0 Å². The Morgan fingerprint density at radius 2 is 2.33 bits per heavy atom. The predicted molar refractivity (Wildman–Crippen MR) is 67.8 cm³/mol. The SMILES string of the molecule is COC(C)CCc1nc2c(C(=O)O)cccc2[nH]1. The molecule has 5 nitrogen and oxygen atoms in total. The fourth-order valence-corrected chi connectivity index (χ4v) is 1.83. The number of fused-ring (bicyclic) bond motifs is 1. The fraction of sp³-hybridized carbons (Fsp3) is 0.385. The average Bonchev–Trinajstić information content (AvgIpc) is 2.77. The minimum Gasteiger partial charge on any atom is -0.478 e. The van der Waals surface area contributed by atoms with Gasteiger partial charge in [-0.05, 0) is 25.5 Å². The highest BCUT2D eigenvalue weighted by atomic mass is 16.5. The molecule has 1 unspecified atom stereocenters. The lowest BCUT2D eigenvalue weighted by Gasteiger charge is -2.06. The van der Waals surface area contributed by atoms with Crippen molar-refractivity contribution in [1.82, 2.24) is 9.97 Å². The minimum absolute atomic E-state index is 0.164. The highest BCUT2D eigenvalue weighted by molar-refractivity contribution is 6.00. The molecule has 0 aliphatic heterocycles. The van der Waals surface area contributed by atoms with Crippen LogP contribution in [0, 0.1) is 0 Å². The zero-order chi connectivity index (χ0) is 13.1. The number of methoxy groups -OCH3 is 1. The number of benzene rings is 1. The van der Waals surface area contributed by atoms with E-state index in [0.717, 1.165) is 24.2 Å². The normalized spacial score (nSPS) is 12.8. The van der Waals surface area contributed by atoms with E-state index in [4.69, 9.17) is 9.84 Å². The number of ether oxygens (including phenoxy) is 1. The third-order valence-electron chi connectivity index (χ3n) is 2.98. The van der Waals surface area contributed by atoms with E-state index in [-0.39, 0.29) is 11.7 Å². The summed E-state index contributed by atoms with van der Waals surface area (Å²) in [5.41, 5.74) is 1.51. The van der Waals surface area contributed by atoms with Gasteiger partial charge in [0.05, 0.1) is 17.2 Å². The van der Waals surface area contributed by atoms with Crippen molar-refractivity contribution in [2.75, 3.05) is 7.11 Å². The summed E-state index contributed by atoms with van der Waals surface area (Å²) in [5, 5.41) is 9.07. The number of aryl methyl sites for hydroxylation is 1. The van der Waals surface area contributed by atoms with Crippen LogP contribution in [0.4, 0.5) is 0 Å². The lowest BCUT2D eigenvalue weighted by Crippen LogP contribution is -2.06. The van der Waals surface area contributed by atoms with Crippen molar-refractivity contribution in [1.29, 1.82) is 0 Å². The average molecular weight is 248 g/mol. The van der Waals surface area contributed by atoms with Crippen LogP contribution in [0.5, 0.6) is 0 Å². The van der Waals surface area contributed by atoms with Crippen LogP contribution in [0.25, 0.3) is 11.0 Å². The Hall–Kier alpha value is -1.88. The molecule has 0 fully saturated rings. The molecule has 2 rings (SSSR count). The molecule has 18 heavy (non-hydrogen) atoms. The van der Waals surface area contributed by atoms with Crippen LogP contribution >= 0.6 is 0 Å². The molecule has 0 aliphatic rings. The number of aromatic carboxylic acids is 1. The van der Waals surface area contributed by atoms with Gasteiger partial charge < -0.3 is 14.8 Å². The van der Waals surface area contributed by atoms with Crippen LogP contribution in [0.2, 0.25) is 0 Å². The molecule has 0 bridgehead atoms. The summed E-state index contributed by atoms with van der Waals surface area (Å²) >= 11 is 0. The number of hydrogen-bond donors (Lipinski definition) is 2. The second-order valence-corrected chi connectivity index (χ2v) is 4.28. The van der Waals surface area contributed by atoms with Gasteiger partial charge in [-0.25, -0.2) is 9.78 Å². The number of nitrogens with one attached hydrogen (secondary N) is 1. The molecule has 2 N–H and O–H groups in total. The van der Waals surface area contributed by atoms with Gasteiger partial charge in [0.2, 0.25) is 0 Å².